The van der Waals surface area contributed by atoms with Crippen LogP contribution < -0.4 is 14.4 Å². The maximum absolute atomic E-state index is 13.5. The Morgan fingerprint density at radius 2 is 1.79 bits per heavy atom. The quantitative estimate of drug-likeness (QED) is 0.607. The van der Waals surface area contributed by atoms with Crippen LogP contribution in [0, 0.1) is 0 Å². The van der Waals surface area contributed by atoms with Crippen LogP contribution in [-0.2, 0) is 6.18 Å². The zero-order chi connectivity index (χ0) is 21.0. The first kappa shape index (κ1) is 21.2. The Hall–Kier alpha value is -2.51. The number of aromatic nitrogens is 2. The van der Waals surface area contributed by atoms with Crippen molar-refractivity contribution in [1.82, 2.24) is 9.97 Å². The maximum atomic E-state index is 13.5. The molecular weight excluding hydrogens is 383 g/mol. The molecule has 0 unspecified atom stereocenters. The number of alkyl halides is 3. The van der Waals surface area contributed by atoms with Gasteiger partial charge in [0, 0.05) is 13.2 Å². The molecule has 1 aromatic heterocycles. The minimum absolute atomic E-state index is 0.0525. The van der Waals surface area contributed by atoms with Gasteiger partial charge < -0.3 is 14.4 Å². The van der Waals surface area contributed by atoms with Gasteiger partial charge in [0.1, 0.15) is 17.4 Å². The number of hydrogen-bond donors (Lipinski definition) is 0. The van der Waals surface area contributed by atoms with E-state index in [9.17, 15) is 13.2 Å². The molecule has 29 heavy (non-hydrogen) atoms. The molecule has 1 aliphatic rings. The monoisotopic (exact) mass is 409 g/mol. The van der Waals surface area contributed by atoms with Gasteiger partial charge in [-0.1, -0.05) is 18.6 Å². The molecule has 0 spiro atoms. The van der Waals surface area contributed by atoms with Gasteiger partial charge in [-0.05, 0) is 51.7 Å². The molecule has 0 saturated heterocycles. The Bertz CT molecular complexity index is 821. The third-order valence-corrected chi connectivity index (χ3v) is 4.77. The Morgan fingerprint density at radius 1 is 1.10 bits per heavy atom. The van der Waals surface area contributed by atoms with Gasteiger partial charge in [0.05, 0.1) is 11.8 Å². The molecule has 1 fully saturated rings. The predicted octanol–water partition coefficient (Wildman–Crippen LogP) is 5.76. The summed E-state index contributed by atoms with van der Waals surface area (Å²) in [6.07, 6.45) is 0.347. The highest BCUT2D eigenvalue weighted by Gasteiger charge is 2.37. The van der Waals surface area contributed by atoms with Gasteiger partial charge >= 0.3 is 6.18 Å². The second-order valence-electron chi connectivity index (χ2n) is 7.46. The molecule has 0 radical (unpaired) electrons. The van der Waals surface area contributed by atoms with Crippen LogP contribution in [0.25, 0.3) is 0 Å². The van der Waals surface area contributed by atoms with Gasteiger partial charge in [-0.3, -0.25) is 0 Å². The Morgan fingerprint density at radius 3 is 2.45 bits per heavy atom. The van der Waals surface area contributed by atoms with Crippen molar-refractivity contribution in [2.75, 3.05) is 11.9 Å². The fourth-order valence-electron chi connectivity index (χ4n) is 3.34. The molecule has 2 aromatic rings. The highest BCUT2D eigenvalue weighted by atomic mass is 19.4. The molecule has 1 aromatic carbocycles. The van der Waals surface area contributed by atoms with Crippen LogP contribution >= 0.6 is 0 Å². The molecular formula is C21H26F3N3O2. The van der Waals surface area contributed by atoms with Crippen molar-refractivity contribution in [3.05, 3.63) is 36.0 Å². The summed E-state index contributed by atoms with van der Waals surface area (Å²) in [5, 5.41) is 0. The molecule has 1 heterocycles. The van der Waals surface area contributed by atoms with Crippen molar-refractivity contribution in [3.8, 4) is 11.6 Å². The number of nitrogens with zero attached hydrogens (tertiary/aromatic N) is 3. The number of rotatable bonds is 6. The van der Waals surface area contributed by atoms with E-state index in [2.05, 4.69) is 9.97 Å². The first-order chi connectivity index (χ1) is 13.8. The minimum atomic E-state index is -4.58. The lowest BCUT2D eigenvalue weighted by atomic mass is 9.98. The zero-order valence-electron chi connectivity index (χ0n) is 16.9. The fourth-order valence-corrected chi connectivity index (χ4v) is 3.34. The van der Waals surface area contributed by atoms with Crippen molar-refractivity contribution in [1.29, 1.82) is 0 Å². The van der Waals surface area contributed by atoms with Gasteiger partial charge in [0.15, 0.2) is 0 Å². The van der Waals surface area contributed by atoms with Crippen LogP contribution in [0.4, 0.5) is 24.8 Å². The summed E-state index contributed by atoms with van der Waals surface area (Å²) in [6.45, 7) is 3.81. The molecule has 0 amide bonds. The topological polar surface area (TPSA) is 47.5 Å². The molecule has 0 aliphatic heterocycles. The average Bonchev–Trinajstić information content (AvgIpc) is 2.67. The van der Waals surface area contributed by atoms with E-state index >= 15 is 0 Å². The molecule has 0 bridgehead atoms. The standard InChI is InChI=1S/C21H26F3N3O2/c1-14(2)28-18-12-8-7-11-17(18)27(3)20-25-13-16(21(22,23)24)19(26-20)29-15-9-5-4-6-10-15/h7-8,11-15H,4-6,9-10H2,1-3H3. The third kappa shape index (κ3) is 5.31. The summed E-state index contributed by atoms with van der Waals surface area (Å²) < 4.78 is 51.9. The molecule has 1 aliphatic carbocycles. The minimum Gasteiger partial charge on any atom is -0.489 e. The van der Waals surface area contributed by atoms with E-state index in [0.29, 0.717) is 11.4 Å². The van der Waals surface area contributed by atoms with Gasteiger partial charge in [-0.15, -0.1) is 0 Å². The molecule has 1 saturated carbocycles. The van der Waals surface area contributed by atoms with Crippen molar-refractivity contribution in [3.63, 3.8) is 0 Å². The Balaban J connectivity index is 1.94. The summed E-state index contributed by atoms with van der Waals surface area (Å²) in [5.74, 6) is 0.301. The zero-order valence-corrected chi connectivity index (χ0v) is 16.9. The lowest BCUT2D eigenvalue weighted by Crippen LogP contribution is -2.24. The number of halogens is 3. The van der Waals surface area contributed by atoms with E-state index in [4.69, 9.17) is 9.47 Å². The number of benzene rings is 1. The average molecular weight is 409 g/mol. The Kier molecular flexibility index (Phi) is 6.49. The maximum Gasteiger partial charge on any atom is 0.423 e. The summed E-state index contributed by atoms with van der Waals surface area (Å²) in [7, 11) is 1.69. The first-order valence-corrected chi connectivity index (χ1v) is 9.86. The van der Waals surface area contributed by atoms with Crippen LogP contribution in [0.1, 0.15) is 51.5 Å². The van der Waals surface area contributed by atoms with Crippen LogP contribution in [0.15, 0.2) is 30.5 Å². The van der Waals surface area contributed by atoms with Crippen molar-refractivity contribution in [2.45, 2.75) is 64.3 Å². The summed E-state index contributed by atoms with van der Waals surface area (Å²) in [6, 6.07) is 7.26. The largest absolute Gasteiger partial charge is 0.489 e. The second kappa shape index (κ2) is 8.88. The van der Waals surface area contributed by atoms with Crippen molar-refractivity contribution >= 4 is 11.6 Å². The molecule has 8 heteroatoms. The van der Waals surface area contributed by atoms with Gasteiger partial charge in [0.2, 0.25) is 11.8 Å². The van der Waals surface area contributed by atoms with E-state index in [1.165, 1.54) is 0 Å². The van der Waals surface area contributed by atoms with E-state index < -0.39 is 17.6 Å². The fraction of sp³-hybridized carbons (Fsp3) is 0.524. The highest BCUT2D eigenvalue weighted by Crippen LogP contribution is 2.38. The van der Waals surface area contributed by atoms with Crippen LogP contribution in [-0.4, -0.2) is 29.2 Å². The number of para-hydroxylation sites is 2. The second-order valence-corrected chi connectivity index (χ2v) is 7.46. The van der Waals surface area contributed by atoms with Crippen LogP contribution in [0.2, 0.25) is 0 Å². The summed E-state index contributed by atoms with van der Waals surface area (Å²) in [4.78, 5) is 9.70. The highest BCUT2D eigenvalue weighted by molar-refractivity contribution is 5.65. The van der Waals surface area contributed by atoms with Crippen LogP contribution in [0.3, 0.4) is 0 Å². The molecule has 0 N–H and O–H groups in total. The van der Waals surface area contributed by atoms with Gasteiger partial charge in [0.25, 0.3) is 0 Å². The van der Waals surface area contributed by atoms with E-state index in [-0.39, 0.29) is 18.2 Å². The Labute approximate surface area is 168 Å². The van der Waals surface area contributed by atoms with E-state index in [1.807, 2.05) is 26.0 Å². The van der Waals surface area contributed by atoms with E-state index in [0.717, 1.165) is 38.3 Å². The number of anilines is 2. The first-order valence-electron chi connectivity index (χ1n) is 9.86. The molecule has 3 rings (SSSR count). The van der Waals surface area contributed by atoms with Gasteiger partial charge in [-0.25, -0.2) is 4.98 Å². The predicted molar refractivity (Wildman–Crippen MR) is 105 cm³/mol. The van der Waals surface area contributed by atoms with Crippen LogP contribution in [0.5, 0.6) is 11.6 Å². The number of ether oxygens (including phenoxy) is 2. The molecule has 158 valence electrons. The number of hydrogen-bond acceptors (Lipinski definition) is 5. The van der Waals surface area contributed by atoms with Crippen molar-refractivity contribution in [2.24, 2.45) is 0 Å². The SMILES string of the molecule is CC(C)Oc1ccccc1N(C)c1ncc(C(F)(F)F)c(OC2CCCCC2)n1. The summed E-state index contributed by atoms with van der Waals surface area (Å²) in [5.41, 5.74) is -0.295. The lowest BCUT2D eigenvalue weighted by molar-refractivity contribution is -0.140. The molecule has 0 atom stereocenters. The van der Waals surface area contributed by atoms with Gasteiger partial charge in [-0.2, -0.15) is 18.2 Å². The normalized spacial score (nSPS) is 15.4. The summed E-state index contributed by atoms with van der Waals surface area (Å²) >= 11 is 0. The van der Waals surface area contributed by atoms with E-state index in [1.54, 1.807) is 24.1 Å². The lowest BCUT2D eigenvalue weighted by Gasteiger charge is -2.26. The smallest absolute Gasteiger partial charge is 0.423 e. The third-order valence-electron chi connectivity index (χ3n) is 4.77. The van der Waals surface area contributed by atoms with Crippen molar-refractivity contribution < 1.29 is 22.6 Å². The molecule has 5 nitrogen and oxygen atoms in total.